The van der Waals surface area contributed by atoms with Gasteiger partial charge >= 0.3 is 0 Å². The molecule has 0 aromatic heterocycles. The van der Waals surface area contributed by atoms with Gasteiger partial charge in [0.25, 0.3) is 11.7 Å². The Kier molecular flexibility index (Phi) is 6.98. The van der Waals surface area contributed by atoms with Crippen molar-refractivity contribution in [2.45, 2.75) is 13.0 Å². The summed E-state index contributed by atoms with van der Waals surface area (Å²) in [4.78, 5) is 28.0. The van der Waals surface area contributed by atoms with E-state index < -0.39 is 23.5 Å². The van der Waals surface area contributed by atoms with Crippen molar-refractivity contribution < 1.29 is 28.9 Å². The van der Waals surface area contributed by atoms with E-state index in [0.29, 0.717) is 40.1 Å². The number of halogens is 1. The highest BCUT2D eigenvalue weighted by Crippen LogP contribution is 2.45. The molecule has 3 aromatic carbocycles. The molecular weight excluding hydrogens is 470 g/mol. The molecule has 1 N–H and O–H groups in total. The molecule has 1 aliphatic rings. The summed E-state index contributed by atoms with van der Waals surface area (Å²) in [6.07, 6.45) is 0. The zero-order valence-corrected chi connectivity index (χ0v) is 20.2. The number of amides is 1. The fraction of sp³-hybridized carbons (Fsp3) is 0.185. The van der Waals surface area contributed by atoms with Crippen molar-refractivity contribution in [3.8, 4) is 17.2 Å². The molecule has 1 fully saturated rings. The number of hydrogen-bond donors (Lipinski definition) is 1. The van der Waals surface area contributed by atoms with Gasteiger partial charge in [0.05, 0.1) is 32.4 Å². The zero-order valence-electron chi connectivity index (χ0n) is 19.4. The lowest BCUT2D eigenvalue weighted by atomic mass is 9.94. The first kappa shape index (κ1) is 24.2. The highest BCUT2D eigenvalue weighted by Gasteiger charge is 2.47. The third-order valence-electron chi connectivity index (χ3n) is 5.72. The van der Waals surface area contributed by atoms with E-state index in [2.05, 4.69) is 0 Å². The van der Waals surface area contributed by atoms with Crippen LogP contribution in [0.15, 0.2) is 72.3 Å². The van der Waals surface area contributed by atoms with Gasteiger partial charge in [-0.05, 0) is 61.0 Å². The monoisotopic (exact) mass is 493 g/mol. The molecule has 0 spiro atoms. The van der Waals surface area contributed by atoms with E-state index in [-0.39, 0.29) is 11.1 Å². The number of methoxy groups -OCH3 is 2. The maximum absolute atomic E-state index is 13.4. The van der Waals surface area contributed by atoms with Crippen LogP contribution >= 0.6 is 11.6 Å². The number of nitrogens with zero attached hydrogens (tertiary/aromatic N) is 1. The van der Waals surface area contributed by atoms with Gasteiger partial charge in [0.2, 0.25) is 0 Å². The van der Waals surface area contributed by atoms with Gasteiger partial charge in [0, 0.05) is 10.7 Å². The molecule has 1 amide bonds. The van der Waals surface area contributed by atoms with E-state index >= 15 is 0 Å². The summed E-state index contributed by atoms with van der Waals surface area (Å²) in [7, 11) is 2.89. The van der Waals surface area contributed by atoms with Crippen LogP contribution in [0.2, 0.25) is 5.02 Å². The Morgan fingerprint density at radius 2 is 1.54 bits per heavy atom. The SMILES string of the molecule is CCOc1ccc(C2/C(=C(\O)c3c(OC)cccc3OC)C(=O)C(=O)N2c2ccc(Cl)cc2)cc1. The molecule has 0 saturated carbocycles. The van der Waals surface area contributed by atoms with Gasteiger partial charge in [-0.2, -0.15) is 0 Å². The molecule has 1 heterocycles. The second-order valence-corrected chi connectivity index (χ2v) is 8.12. The van der Waals surface area contributed by atoms with Crippen LogP contribution in [0.3, 0.4) is 0 Å². The topological polar surface area (TPSA) is 85.3 Å². The van der Waals surface area contributed by atoms with Gasteiger partial charge in [-0.1, -0.05) is 29.8 Å². The maximum Gasteiger partial charge on any atom is 0.300 e. The van der Waals surface area contributed by atoms with E-state index in [1.807, 2.05) is 6.92 Å². The minimum Gasteiger partial charge on any atom is -0.506 e. The summed E-state index contributed by atoms with van der Waals surface area (Å²) in [5, 5.41) is 12.0. The molecule has 0 aliphatic carbocycles. The van der Waals surface area contributed by atoms with Crippen LogP contribution in [0.5, 0.6) is 17.2 Å². The van der Waals surface area contributed by atoms with Crippen molar-refractivity contribution in [1.29, 1.82) is 0 Å². The Morgan fingerprint density at radius 3 is 2.09 bits per heavy atom. The smallest absolute Gasteiger partial charge is 0.300 e. The van der Waals surface area contributed by atoms with Crippen molar-refractivity contribution in [2.75, 3.05) is 25.7 Å². The number of aliphatic hydroxyl groups is 1. The van der Waals surface area contributed by atoms with E-state index in [4.69, 9.17) is 25.8 Å². The van der Waals surface area contributed by atoms with Crippen LogP contribution in [-0.2, 0) is 9.59 Å². The van der Waals surface area contributed by atoms with Gasteiger partial charge in [-0.15, -0.1) is 0 Å². The highest BCUT2D eigenvalue weighted by atomic mass is 35.5. The quantitative estimate of drug-likeness (QED) is 0.270. The van der Waals surface area contributed by atoms with Crippen LogP contribution in [0.25, 0.3) is 5.76 Å². The highest BCUT2D eigenvalue weighted by molar-refractivity contribution is 6.51. The van der Waals surface area contributed by atoms with Crippen molar-refractivity contribution in [3.05, 3.63) is 88.5 Å². The molecule has 0 bridgehead atoms. The summed E-state index contributed by atoms with van der Waals surface area (Å²) in [6.45, 7) is 2.38. The molecule has 1 unspecified atom stereocenters. The van der Waals surface area contributed by atoms with Gasteiger partial charge in [-0.25, -0.2) is 0 Å². The minimum absolute atomic E-state index is 0.0862. The number of rotatable bonds is 7. The first-order chi connectivity index (χ1) is 16.9. The summed E-state index contributed by atoms with van der Waals surface area (Å²) in [6, 6.07) is 17.7. The van der Waals surface area contributed by atoms with Crippen LogP contribution in [0.1, 0.15) is 24.1 Å². The number of carbonyl (C=O) groups is 2. The summed E-state index contributed by atoms with van der Waals surface area (Å²) < 4.78 is 16.4. The molecule has 180 valence electrons. The zero-order chi connectivity index (χ0) is 25.1. The van der Waals surface area contributed by atoms with E-state index in [9.17, 15) is 14.7 Å². The fourth-order valence-electron chi connectivity index (χ4n) is 4.15. The predicted octanol–water partition coefficient (Wildman–Crippen LogP) is 5.38. The normalized spacial score (nSPS) is 16.9. The standard InChI is InChI=1S/C27H24ClNO6/c1-4-35-19-14-8-16(9-15-19)24-23(25(30)22-20(33-2)6-5-7-21(22)34-3)26(31)27(32)29(24)18-12-10-17(28)11-13-18/h5-15,24,30H,4H2,1-3H3/b25-23+. The Hall–Kier alpha value is -3.97. The van der Waals surface area contributed by atoms with Crippen molar-refractivity contribution in [3.63, 3.8) is 0 Å². The van der Waals surface area contributed by atoms with Gasteiger partial charge in [0.1, 0.15) is 28.6 Å². The van der Waals surface area contributed by atoms with E-state index in [1.54, 1.807) is 66.7 Å². The number of benzene rings is 3. The average molecular weight is 494 g/mol. The number of aliphatic hydroxyl groups excluding tert-OH is 1. The van der Waals surface area contributed by atoms with Gasteiger partial charge in [-0.3, -0.25) is 14.5 Å². The third-order valence-corrected chi connectivity index (χ3v) is 5.97. The Morgan fingerprint density at radius 1 is 0.943 bits per heavy atom. The lowest BCUT2D eigenvalue weighted by molar-refractivity contribution is -0.132. The van der Waals surface area contributed by atoms with Gasteiger partial charge in [0.15, 0.2) is 0 Å². The van der Waals surface area contributed by atoms with Gasteiger partial charge < -0.3 is 19.3 Å². The number of carbonyl (C=O) groups excluding carboxylic acids is 2. The molecular formula is C27H24ClNO6. The number of Topliss-reactive ketones (excluding diaryl/α,β-unsaturated/α-hetero) is 1. The summed E-state index contributed by atoms with van der Waals surface area (Å²) >= 11 is 6.05. The Labute approximate surface area is 208 Å². The van der Waals surface area contributed by atoms with E-state index in [0.717, 1.165) is 0 Å². The number of anilines is 1. The molecule has 1 saturated heterocycles. The molecule has 3 aromatic rings. The fourth-order valence-corrected chi connectivity index (χ4v) is 4.27. The van der Waals surface area contributed by atoms with Crippen molar-refractivity contribution in [2.24, 2.45) is 0 Å². The largest absolute Gasteiger partial charge is 0.506 e. The summed E-state index contributed by atoms with van der Waals surface area (Å²) in [5.41, 5.74) is 1.17. The lowest BCUT2D eigenvalue weighted by Crippen LogP contribution is -2.29. The van der Waals surface area contributed by atoms with Crippen molar-refractivity contribution >= 4 is 34.7 Å². The second-order valence-electron chi connectivity index (χ2n) is 7.69. The second kappa shape index (κ2) is 10.1. The lowest BCUT2D eigenvalue weighted by Gasteiger charge is -2.26. The predicted molar refractivity (Wildman–Crippen MR) is 133 cm³/mol. The first-order valence-electron chi connectivity index (χ1n) is 10.9. The molecule has 7 nitrogen and oxygen atoms in total. The Bertz CT molecular complexity index is 1260. The molecule has 4 rings (SSSR count). The molecule has 1 aliphatic heterocycles. The van der Waals surface area contributed by atoms with Crippen LogP contribution in [0.4, 0.5) is 5.69 Å². The summed E-state index contributed by atoms with van der Waals surface area (Å²) in [5.74, 6) is -0.764. The number of ether oxygens (including phenoxy) is 3. The molecule has 8 heteroatoms. The molecule has 1 atom stereocenters. The van der Waals surface area contributed by atoms with Crippen LogP contribution in [-0.4, -0.2) is 37.6 Å². The maximum atomic E-state index is 13.4. The average Bonchev–Trinajstić information content (AvgIpc) is 3.14. The van der Waals surface area contributed by atoms with Crippen LogP contribution in [0, 0.1) is 0 Å². The minimum atomic E-state index is -0.915. The number of ketones is 1. The molecule has 35 heavy (non-hydrogen) atoms. The third kappa shape index (κ3) is 4.42. The number of hydrogen-bond acceptors (Lipinski definition) is 6. The van der Waals surface area contributed by atoms with Crippen molar-refractivity contribution in [1.82, 2.24) is 0 Å². The van der Waals surface area contributed by atoms with Crippen LogP contribution < -0.4 is 19.1 Å². The van der Waals surface area contributed by atoms with E-state index in [1.165, 1.54) is 19.1 Å². The first-order valence-corrected chi connectivity index (χ1v) is 11.3. The molecule has 0 radical (unpaired) electrons. The Balaban J connectivity index is 1.97.